The van der Waals surface area contributed by atoms with E-state index < -0.39 is 27.2 Å². The van der Waals surface area contributed by atoms with E-state index in [1.54, 1.807) is 0 Å². The molecule has 0 saturated heterocycles. The average Bonchev–Trinajstić information content (AvgIpc) is 2.36. The molecule has 19 heavy (non-hydrogen) atoms. The van der Waals surface area contributed by atoms with Gasteiger partial charge in [0.15, 0.2) is 5.25 Å². The Morgan fingerprint density at radius 3 is 2.63 bits per heavy atom. The molecule has 0 aliphatic rings. The molecule has 0 aromatic carbocycles. The Hall–Kier alpha value is -2.16. The number of nitrogens with one attached hydrogen (secondary N) is 1. The van der Waals surface area contributed by atoms with Crippen LogP contribution in [-0.4, -0.2) is 42.8 Å². The third-order valence-corrected chi connectivity index (χ3v) is 3.93. The molecule has 0 radical (unpaired) electrons. The van der Waals surface area contributed by atoms with Gasteiger partial charge in [0.2, 0.25) is 10.0 Å². The first-order chi connectivity index (χ1) is 8.79. The number of aromatic carboxylic acids is 1. The van der Waals surface area contributed by atoms with Crippen LogP contribution in [0.4, 0.5) is 5.69 Å². The fourth-order valence-corrected chi connectivity index (χ4v) is 2.19. The minimum Gasteiger partial charge on any atom is -0.478 e. The van der Waals surface area contributed by atoms with Crippen LogP contribution in [0, 0.1) is 0 Å². The Morgan fingerprint density at radius 2 is 2.11 bits per heavy atom. The van der Waals surface area contributed by atoms with E-state index in [0.29, 0.717) is 0 Å². The first-order valence-corrected chi connectivity index (χ1v) is 6.61. The van der Waals surface area contributed by atoms with Crippen LogP contribution in [0.3, 0.4) is 0 Å². The smallest absolute Gasteiger partial charge is 0.337 e. The minimum atomic E-state index is -4.11. The zero-order chi connectivity index (χ0) is 14.6. The summed E-state index contributed by atoms with van der Waals surface area (Å²) in [5, 5.41) is 7.43. The fraction of sp³-hybridized carbons (Fsp3) is 0.300. The number of pyridine rings is 1. The van der Waals surface area contributed by atoms with Crippen molar-refractivity contribution in [3.63, 3.8) is 0 Å². The van der Waals surface area contributed by atoms with Crippen LogP contribution in [0.1, 0.15) is 17.3 Å². The maximum Gasteiger partial charge on any atom is 0.337 e. The Balaban J connectivity index is 3.09. The molecule has 104 valence electrons. The number of sulfonamides is 1. The van der Waals surface area contributed by atoms with E-state index in [1.165, 1.54) is 6.20 Å². The number of nitrogens with zero attached hydrogens (tertiary/aromatic N) is 1. The number of hydrogen-bond donors (Lipinski definition) is 2. The van der Waals surface area contributed by atoms with Crippen molar-refractivity contribution in [1.29, 1.82) is 0 Å². The van der Waals surface area contributed by atoms with Gasteiger partial charge in [-0.2, -0.15) is 0 Å². The zero-order valence-corrected chi connectivity index (χ0v) is 11.0. The summed E-state index contributed by atoms with van der Waals surface area (Å²) in [6.45, 7) is 1.13. The average molecular weight is 288 g/mol. The second-order valence-corrected chi connectivity index (χ2v) is 5.54. The van der Waals surface area contributed by atoms with E-state index in [4.69, 9.17) is 5.11 Å². The molecule has 0 aliphatic carbocycles. The molecule has 0 aliphatic heterocycles. The second-order valence-electron chi connectivity index (χ2n) is 3.54. The normalized spacial score (nSPS) is 12.5. The van der Waals surface area contributed by atoms with Crippen molar-refractivity contribution in [3.8, 4) is 0 Å². The summed E-state index contributed by atoms with van der Waals surface area (Å²) in [7, 11) is -3.05. The summed E-state index contributed by atoms with van der Waals surface area (Å²) in [4.78, 5) is 25.7. The van der Waals surface area contributed by atoms with Crippen LogP contribution >= 0.6 is 0 Å². The fourth-order valence-electron chi connectivity index (χ4n) is 1.20. The van der Waals surface area contributed by atoms with Gasteiger partial charge in [-0.05, 0) is 13.0 Å². The molecule has 2 N–H and O–H groups in total. The molecule has 0 fully saturated rings. The van der Waals surface area contributed by atoms with Crippen LogP contribution in [0.5, 0.6) is 0 Å². The first kappa shape index (κ1) is 14.9. The Bertz CT molecular complexity index is 598. The van der Waals surface area contributed by atoms with Crippen molar-refractivity contribution in [2.45, 2.75) is 12.2 Å². The van der Waals surface area contributed by atoms with Gasteiger partial charge in [-0.25, -0.2) is 13.2 Å². The highest BCUT2D eigenvalue weighted by Crippen LogP contribution is 2.17. The number of carbonyl (C=O) groups excluding carboxylic acids is 1. The minimum absolute atomic E-state index is 0.217. The van der Waals surface area contributed by atoms with Crippen LogP contribution in [0.2, 0.25) is 0 Å². The number of esters is 1. The maximum atomic E-state index is 11.8. The number of methoxy groups -OCH3 is 1. The lowest BCUT2D eigenvalue weighted by Crippen LogP contribution is -2.33. The molecule has 1 rings (SSSR count). The Morgan fingerprint density at radius 1 is 1.47 bits per heavy atom. The second kappa shape index (κ2) is 5.65. The lowest BCUT2D eigenvalue weighted by atomic mass is 10.2. The number of carboxylic acid groups (broad SMARTS) is 1. The summed E-state index contributed by atoms with van der Waals surface area (Å²) in [6.07, 6.45) is 2.26. The van der Waals surface area contributed by atoms with Gasteiger partial charge in [0, 0.05) is 6.20 Å². The maximum absolute atomic E-state index is 11.8. The number of carboxylic acids is 1. The molecule has 1 atom stereocenters. The van der Waals surface area contributed by atoms with Crippen molar-refractivity contribution in [3.05, 3.63) is 24.0 Å². The van der Waals surface area contributed by atoms with Gasteiger partial charge in [0.25, 0.3) is 0 Å². The molecule has 1 aromatic rings. The highest BCUT2D eigenvalue weighted by Gasteiger charge is 2.30. The molecule has 8 nitrogen and oxygen atoms in total. The van der Waals surface area contributed by atoms with E-state index in [2.05, 4.69) is 9.72 Å². The van der Waals surface area contributed by atoms with Crippen molar-refractivity contribution in [2.24, 2.45) is 0 Å². The SMILES string of the molecule is COC(=O)C(C)S(=O)(=O)Nc1cnccc1C(=O)O. The number of ether oxygens (including phenoxy) is 1. The largest absolute Gasteiger partial charge is 0.478 e. The van der Waals surface area contributed by atoms with Gasteiger partial charge in [-0.15, -0.1) is 0 Å². The van der Waals surface area contributed by atoms with Crippen LogP contribution in [-0.2, 0) is 19.6 Å². The summed E-state index contributed by atoms with van der Waals surface area (Å²) in [5.74, 6) is -2.26. The Kier molecular flexibility index (Phi) is 4.43. The molecular weight excluding hydrogens is 276 g/mol. The van der Waals surface area contributed by atoms with Crippen LogP contribution < -0.4 is 4.72 Å². The highest BCUT2D eigenvalue weighted by molar-refractivity contribution is 7.94. The third-order valence-electron chi connectivity index (χ3n) is 2.30. The molecule has 0 spiro atoms. The summed E-state index contributed by atoms with van der Waals surface area (Å²) >= 11 is 0. The number of rotatable bonds is 5. The lowest BCUT2D eigenvalue weighted by molar-refractivity contribution is -0.139. The van der Waals surface area contributed by atoms with Gasteiger partial charge >= 0.3 is 11.9 Å². The van der Waals surface area contributed by atoms with Gasteiger partial charge in [-0.1, -0.05) is 0 Å². The number of aromatic nitrogens is 1. The van der Waals surface area contributed by atoms with Crippen LogP contribution in [0.25, 0.3) is 0 Å². The summed E-state index contributed by atoms with van der Waals surface area (Å²) in [6, 6.07) is 1.14. The van der Waals surface area contributed by atoms with E-state index >= 15 is 0 Å². The number of anilines is 1. The standard InChI is InChI=1S/C10H12N2O6S/c1-6(10(15)18-2)19(16,17)12-8-5-11-4-3-7(8)9(13)14/h3-6,12H,1-2H3,(H,13,14). The molecule has 9 heteroatoms. The van der Waals surface area contributed by atoms with Crippen molar-refractivity contribution >= 4 is 27.6 Å². The first-order valence-electron chi connectivity index (χ1n) is 5.06. The Labute approximate surface area is 109 Å². The molecule has 0 amide bonds. The molecule has 0 saturated carbocycles. The van der Waals surface area contributed by atoms with Gasteiger partial charge in [0.1, 0.15) is 0 Å². The highest BCUT2D eigenvalue weighted by atomic mass is 32.2. The van der Waals surface area contributed by atoms with E-state index in [1.807, 2.05) is 4.72 Å². The van der Waals surface area contributed by atoms with Crippen molar-refractivity contribution in [2.75, 3.05) is 11.8 Å². The summed E-state index contributed by atoms with van der Waals surface area (Å²) < 4.78 is 30.0. The van der Waals surface area contributed by atoms with Crippen LogP contribution in [0.15, 0.2) is 18.5 Å². The van der Waals surface area contributed by atoms with E-state index in [0.717, 1.165) is 26.3 Å². The van der Waals surface area contributed by atoms with Crippen molar-refractivity contribution < 1.29 is 27.9 Å². The van der Waals surface area contributed by atoms with Gasteiger partial charge < -0.3 is 9.84 Å². The van der Waals surface area contributed by atoms with E-state index in [-0.39, 0.29) is 11.3 Å². The van der Waals surface area contributed by atoms with Crippen molar-refractivity contribution in [1.82, 2.24) is 4.98 Å². The molecule has 1 aromatic heterocycles. The van der Waals surface area contributed by atoms with E-state index in [9.17, 15) is 18.0 Å². The van der Waals surface area contributed by atoms with Gasteiger partial charge in [0.05, 0.1) is 24.6 Å². The monoisotopic (exact) mass is 288 g/mol. The lowest BCUT2D eigenvalue weighted by Gasteiger charge is -2.13. The molecule has 0 bridgehead atoms. The molecular formula is C10H12N2O6S. The topological polar surface area (TPSA) is 123 Å². The summed E-state index contributed by atoms with van der Waals surface area (Å²) in [5.41, 5.74) is -0.485. The quantitative estimate of drug-likeness (QED) is 0.735. The van der Waals surface area contributed by atoms with Gasteiger partial charge in [-0.3, -0.25) is 14.5 Å². The predicted molar refractivity (Wildman–Crippen MR) is 65.2 cm³/mol. The number of carbonyl (C=O) groups is 2. The molecule has 1 unspecified atom stereocenters. The molecule has 1 heterocycles. The zero-order valence-electron chi connectivity index (χ0n) is 10.2. The predicted octanol–water partition coefficient (Wildman–Crippen LogP) is 0.0830. The number of hydrogen-bond acceptors (Lipinski definition) is 6. The third kappa shape index (κ3) is 3.41.